The number of hydrogen-bond donors (Lipinski definition) is 1. The molecule has 3 heteroatoms. The molecular formula is C11H19NO2. The van der Waals surface area contributed by atoms with Crippen LogP contribution in [0.1, 0.15) is 26.7 Å². The van der Waals surface area contributed by atoms with Crippen molar-refractivity contribution in [3.8, 4) is 0 Å². The molecule has 0 saturated carbocycles. The van der Waals surface area contributed by atoms with Crippen molar-refractivity contribution in [3.05, 3.63) is 12.2 Å². The third kappa shape index (κ3) is 3.50. The first-order chi connectivity index (χ1) is 6.59. The number of nitrogens with zero attached hydrogens (tertiary/aromatic N) is 1. The number of carboxylic acids is 1. The van der Waals surface area contributed by atoms with E-state index in [0.717, 1.165) is 19.0 Å². The molecule has 0 amide bonds. The zero-order chi connectivity index (χ0) is 10.6. The number of hydrogen-bond acceptors (Lipinski definition) is 2. The SMILES string of the molecule is CC1CCC(C)N(CC=CC(=O)O)C1. The summed E-state index contributed by atoms with van der Waals surface area (Å²) in [5.74, 6) is -0.118. The number of rotatable bonds is 3. The minimum atomic E-state index is -0.859. The number of likely N-dealkylation sites (tertiary alicyclic amines) is 1. The van der Waals surface area contributed by atoms with E-state index in [4.69, 9.17) is 5.11 Å². The van der Waals surface area contributed by atoms with Crippen LogP contribution in [0.5, 0.6) is 0 Å². The summed E-state index contributed by atoms with van der Waals surface area (Å²) in [4.78, 5) is 12.6. The fraction of sp³-hybridized carbons (Fsp3) is 0.727. The minimum Gasteiger partial charge on any atom is -0.478 e. The Hall–Kier alpha value is -0.830. The maximum Gasteiger partial charge on any atom is 0.328 e. The van der Waals surface area contributed by atoms with E-state index in [-0.39, 0.29) is 0 Å². The normalized spacial score (nSPS) is 29.6. The van der Waals surface area contributed by atoms with Crippen LogP contribution in [-0.2, 0) is 4.79 Å². The van der Waals surface area contributed by atoms with Gasteiger partial charge in [0.2, 0.25) is 0 Å². The van der Waals surface area contributed by atoms with Crippen molar-refractivity contribution in [3.63, 3.8) is 0 Å². The summed E-state index contributed by atoms with van der Waals surface area (Å²) in [6, 6.07) is 0.588. The van der Waals surface area contributed by atoms with Gasteiger partial charge in [0.1, 0.15) is 0 Å². The highest BCUT2D eigenvalue weighted by molar-refractivity contribution is 5.79. The lowest BCUT2D eigenvalue weighted by atomic mass is 9.95. The van der Waals surface area contributed by atoms with Crippen molar-refractivity contribution in [2.24, 2.45) is 5.92 Å². The molecule has 14 heavy (non-hydrogen) atoms. The molecule has 1 rings (SSSR count). The maximum absolute atomic E-state index is 10.3. The molecule has 1 N–H and O–H groups in total. The quantitative estimate of drug-likeness (QED) is 0.701. The fourth-order valence-electron chi connectivity index (χ4n) is 1.92. The topological polar surface area (TPSA) is 40.5 Å². The van der Waals surface area contributed by atoms with Gasteiger partial charge < -0.3 is 5.11 Å². The lowest BCUT2D eigenvalue weighted by molar-refractivity contribution is -0.131. The van der Waals surface area contributed by atoms with E-state index in [0.29, 0.717) is 6.04 Å². The summed E-state index contributed by atoms with van der Waals surface area (Å²) in [6.45, 7) is 6.31. The molecule has 2 atom stereocenters. The van der Waals surface area contributed by atoms with Crippen molar-refractivity contribution in [2.75, 3.05) is 13.1 Å². The summed E-state index contributed by atoms with van der Waals surface area (Å²) < 4.78 is 0. The standard InChI is InChI=1S/C11H19NO2/c1-9-5-6-10(2)12(8-9)7-3-4-11(13)14/h3-4,9-10H,5-8H2,1-2H3,(H,13,14). The van der Waals surface area contributed by atoms with Crippen LogP contribution >= 0.6 is 0 Å². The molecule has 2 unspecified atom stereocenters. The lowest BCUT2D eigenvalue weighted by Crippen LogP contribution is -2.40. The van der Waals surface area contributed by atoms with Crippen LogP contribution < -0.4 is 0 Å². The van der Waals surface area contributed by atoms with Gasteiger partial charge in [-0.1, -0.05) is 13.0 Å². The highest BCUT2D eigenvalue weighted by Gasteiger charge is 2.21. The molecule has 0 aromatic heterocycles. The largest absolute Gasteiger partial charge is 0.478 e. The first kappa shape index (κ1) is 11.2. The highest BCUT2D eigenvalue weighted by Crippen LogP contribution is 2.20. The van der Waals surface area contributed by atoms with E-state index in [1.165, 1.54) is 18.9 Å². The predicted octanol–water partition coefficient (Wildman–Crippen LogP) is 1.75. The van der Waals surface area contributed by atoms with Crippen LogP contribution in [0.3, 0.4) is 0 Å². The third-order valence-electron chi connectivity index (χ3n) is 2.85. The van der Waals surface area contributed by atoms with Gasteiger partial charge >= 0.3 is 5.97 Å². The second kappa shape index (κ2) is 5.15. The van der Waals surface area contributed by atoms with Crippen LogP contribution in [0.2, 0.25) is 0 Å². The molecule has 0 radical (unpaired) electrons. The summed E-state index contributed by atoms with van der Waals surface area (Å²) in [6.07, 6.45) is 5.48. The average Bonchev–Trinajstić information content (AvgIpc) is 2.10. The Balaban J connectivity index is 2.38. The van der Waals surface area contributed by atoms with Crippen LogP contribution in [-0.4, -0.2) is 35.1 Å². The minimum absolute atomic E-state index is 0.588. The lowest BCUT2D eigenvalue weighted by Gasteiger charge is -2.35. The maximum atomic E-state index is 10.3. The monoisotopic (exact) mass is 197 g/mol. The van der Waals surface area contributed by atoms with Gasteiger partial charge in [-0.2, -0.15) is 0 Å². The molecule has 3 nitrogen and oxygen atoms in total. The Morgan fingerprint density at radius 1 is 1.50 bits per heavy atom. The van der Waals surface area contributed by atoms with Crippen molar-refractivity contribution in [2.45, 2.75) is 32.7 Å². The predicted molar refractivity (Wildman–Crippen MR) is 56.2 cm³/mol. The van der Waals surface area contributed by atoms with Gasteiger partial charge in [0.25, 0.3) is 0 Å². The Morgan fingerprint density at radius 3 is 2.86 bits per heavy atom. The van der Waals surface area contributed by atoms with Crippen molar-refractivity contribution >= 4 is 5.97 Å². The molecule has 0 aromatic rings. The summed E-state index contributed by atoms with van der Waals surface area (Å²) in [5, 5.41) is 8.46. The molecule has 80 valence electrons. The highest BCUT2D eigenvalue weighted by atomic mass is 16.4. The molecular weight excluding hydrogens is 178 g/mol. The molecule has 1 aliphatic rings. The van der Waals surface area contributed by atoms with Crippen molar-refractivity contribution in [1.29, 1.82) is 0 Å². The van der Waals surface area contributed by atoms with E-state index in [2.05, 4.69) is 18.7 Å². The fourth-order valence-corrected chi connectivity index (χ4v) is 1.92. The van der Waals surface area contributed by atoms with Crippen LogP contribution in [0.4, 0.5) is 0 Å². The number of carbonyl (C=O) groups is 1. The zero-order valence-corrected chi connectivity index (χ0v) is 8.94. The molecule has 1 fully saturated rings. The van der Waals surface area contributed by atoms with Crippen LogP contribution in [0.25, 0.3) is 0 Å². The van der Waals surface area contributed by atoms with E-state index in [1.807, 2.05) is 0 Å². The Labute approximate surface area is 85.4 Å². The zero-order valence-electron chi connectivity index (χ0n) is 8.94. The number of carboxylic acid groups (broad SMARTS) is 1. The Kier molecular flexibility index (Phi) is 4.14. The van der Waals surface area contributed by atoms with Gasteiger partial charge in [0, 0.05) is 25.2 Å². The average molecular weight is 197 g/mol. The van der Waals surface area contributed by atoms with E-state index in [1.54, 1.807) is 6.08 Å². The summed E-state index contributed by atoms with van der Waals surface area (Å²) >= 11 is 0. The third-order valence-corrected chi connectivity index (χ3v) is 2.85. The molecule has 0 aromatic carbocycles. The molecule has 1 heterocycles. The molecule has 0 spiro atoms. The van der Waals surface area contributed by atoms with Crippen LogP contribution in [0.15, 0.2) is 12.2 Å². The second-order valence-electron chi connectivity index (χ2n) is 4.23. The molecule has 1 saturated heterocycles. The van der Waals surface area contributed by atoms with Crippen molar-refractivity contribution < 1.29 is 9.90 Å². The molecule has 1 aliphatic heterocycles. The van der Waals surface area contributed by atoms with E-state index in [9.17, 15) is 4.79 Å². The molecule has 0 bridgehead atoms. The van der Waals surface area contributed by atoms with Crippen molar-refractivity contribution in [1.82, 2.24) is 4.90 Å². The van der Waals surface area contributed by atoms with Gasteiger partial charge in [0.05, 0.1) is 0 Å². The van der Waals surface area contributed by atoms with Gasteiger partial charge in [-0.3, -0.25) is 4.90 Å². The Morgan fingerprint density at radius 2 is 2.21 bits per heavy atom. The number of piperidine rings is 1. The van der Waals surface area contributed by atoms with Gasteiger partial charge in [0.15, 0.2) is 0 Å². The number of aliphatic carboxylic acids is 1. The van der Waals surface area contributed by atoms with Gasteiger partial charge in [-0.25, -0.2) is 4.79 Å². The summed E-state index contributed by atoms with van der Waals surface area (Å²) in [5.41, 5.74) is 0. The van der Waals surface area contributed by atoms with Gasteiger partial charge in [-0.05, 0) is 25.7 Å². The Bertz CT molecular complexity index is 225. The van der Waals surface area contributed by atoms with E-state index < -0.39 is 5.97 Å². The first-order valence-electron chi connectivity index (χ1n) is 5.23. The van der Waals surface area contributed by atoms with E-state index >= 15 is 0 Å². The van der Waals surface area contributed by atoms with Crippen LogP contribution in [0, 0.1) is 5.92 Å². The second-order valence-corrected chi connectivity index (χ2v) is 4.23. The smallest absolute Gasteiger partial charge is 0.328 e. The molecule has 0 aliphatic carbocycles. The van der Waals surface area contributed by atoms with Gasteiger partial charge in [-0.15, -0.1) is 0 Å². The summed E-state index contributed by atoms with van der Waals surface area (Å²) in [7, 11) is 0. The first-order valence-corrected chi connectivity index (χ1v) is 5.23.